The highest BCUT2D eigenvalue weighted by Crippen LogP contribution is 2.34. The topological polar surface area (TPSA) is 76.9 Å². The van der Waals surface area contributed by atoms with E-state index in [1.165, 1.54) is 41.2 Å². The zero-order chi connectivity index (χ0) is 21.5. The quantitative estimate of drug-likeness (QED) is 0.513. The van der Waals surface area contributed by atoms with Crippen molar-refractivity contribution in [3.05, 3.63) is 78.1 Å². The molecule has 30 heavy (non-hydrogen) atoms. The average Bonchev–Trinajstić information content (AvgIpc) is 3.04. The summed E-state index contributed by atoms with van der Waals surface area (Å²) in [6.45, 7) is 1.83. The summed E-state index contributed by atoms with van der Waals surface area (Å²) in [6.07, 6.45) is -1.72. The number of anilines is 1. The number of nitrogens with one attached hydrogen (secondary N) is 1. The minimum absolute atomic E-state index is 0.0230. The minimum atomic E-state index is -4.55. The van der Waals surface area contributed by atoms with Crippen molar-refractivity contribution in [2.75, 3.05) is 4.72 Å². The molecule has 0 aliphatic rings. The summed E-state index contributed by atoms with van der Waals surface area (Å²) in [5.74, 6) is 0.0598. The summed E-state index contributed by atoms with van der Waals surface area (Å²) in [7, 11) is -4.00. The molecule has 0 spiro atoms. The summed E-state index contributed by atoms with van der Waals surface area (Å²) in [5, 5.41) is 0.400. The van der Waals surface area contributed by atoms with Gasteiger partial charge >= 0.3 is 6.18 Å². The molecule has 0 aliphatic heterocycles. The number of alkyl halides is 3. The average molecular weight is 432 g/mol. The molecule has 0 bridgehead atoms. The summed E-state index contributed by atoms with van der Waals surface area (Å²) < 4.78 is 69.1. The van der Waals surface area contributed by atoms with Gasteiger partial charge in [-0.15, -0.1) is 0 Å². The highest BCUT2D eigenvalue weighted by Gasteiger charge is 2.31. The number of aromatic nitrogens is 3. The molecule has 0 unspecified atom stereocenters. The summed E-state index contributed by atoms with van der Waals surface area (Å²) in [4.78, 5) is 8.17. The third kappa shape index (κ3) is 3.73. The van der Waals surface area contributed by atoms with E-state index >= 15 is 0 Å². The van der Waals surface area contributed by atoms with Crippen molar-refractivity contribution in [3.8, 4) is 5.95 Å². The van der Waals surface area contributed by atoms with Crippen molar-refractivity contribution < 1.29 is 21.6 Å². The first kappa shape index (κ1) is 19.9. The van der Waals surface area contributed by atoms with Gasteiger partial charge in [-0.25, -0.2) is 18.4 Å². The van der Waals surface area contributed by atoms with Crippen LogP contribution in [-0.2, 0) is 16.2 Å². The summed E-state index contributed by atoms with van der Waals surface area (Å²) >= 11 is 0. The van der Waals surface area contributed by atoms with Gasteiger partial charge in [0.1, 0.15) is 5.82 Å². The first-order valence-corrected chi connectivity index (χ1v) is 10.2. The van der Waals surface area contributed by atoms with E-state index in [-0.39, 0.29) is 22.2 Å². The Morgan fingerprint density at radius 1 is 0.967 bits per heavy atom. The smallest absolute Gasteiger partial charge is 0.264 e. The number of sulfonamides is 1. The zero-order valence-corrected chi connectivity index (χ0v) is 16.4. The number of rotatable bonds is 4. The van der Waals surface area contributed by atoms with Crippen molar-refractivity contribution in [1.29, 1.82) is 0 Å². The molecule has 0 amide bonds. The lowest BCUT2D eigenvalue weighted by atomic mass is 10.1. The predicted octanol–water partition coefficient (Wildman–Crippen LogP) is 4.55. The summed E-state index contributed by atoms with van der Waals surface area (Å²) in [5.41, 5.74) is 0.149. The van der Waals surface area contributed by atoms with Crippen molar-refractivity contribution in [3.63, 3.8) is 0 Å². The second-order valence-corrected chi connectivity index (χ2v) is 8.29. The lowest BCUT2D eigenvalue weighted by Gasteiger charge is -2.12. The molecule has 0 saturated carbocycles. The van der Waals surface area contributed by atoms with E-state index in [0.717, 1.165) is 17.7 Å². The fraction of sp³-hybridized carbons (Fsp3) is 0.100. The van der Waals surface area contributed by atoms with Crippen LogP contribution < -0.4 is 4.72 Å². The maximum absolute atomic E-state index is 13.2. The van der Waals surface area contributed by atoms with Crippen molar-refractivity contribution >= 4 is 26.7 Å². The molecule has 2 aromatic heterocycles. The number of nitrogens with zero attached hydrogens (tertiary/aromatic N) is 3. The lowest BCUT2D eigenvalue weighted by Crippen LogP contribution is -2.16. The van der Waals surface area contributed by atoms with E-state index in [9.17, 15) is 21.6 Å². The third-order valence-electron chi connectivity index (χ3n) is 4.45. The van der Waals surface area contributed by atoms with Crippen molar-refractivity contribution in [2.45, 2.75) is 18.0 Å². The third-order valence-corrected chi connectivity index (χ3v) is 5.82. The van der Waals surface area contributed by atoms with Gasteiger partial charge in [-0.1, -0.05) is 23.8 Å². The van der Waals surface area contributed by atoms with Crippen LogP contribution >= 0.6 is 0 Å². The van der Waals surface area contributed by atoms with Gasteiger partial charge in [0.05, 0.1) is 16.0 Å². The maximum Gasteiger partial charge on any atom is 0.416 e. The van der Waals surface area contributed by atoms with E-state index in [0.29, 0.717) is 5.39 Å². The molecule has 4 aromatic rings. The van der Waals surface area contributed by atoms with Gasteiger partial charge in [-0.2, -0.15) is 13.2 Å². The van der Waals surface area contributed by atoms with Gasteiger partial charge in [0.2, 0.25) is 5.95 Å². The molecule has 154 valence electrons. The van der Waals surface area contributed by atoms with Crippen LogP contribution in [0.3, 0.4) is 0 Å². The lowest BCUT2D eigenvalue weighted by molar-refractivity contribution is -0.137. The molecule has 0 fully saturated rings. The highest BCUT2D eigenvalue weighted by atomic mass is 32.2. The Labute approximate surface area is 170 Å². The fourth-order valence-electron chi connectivity index (χ4n) is 2.99. The zero-order valence-electron chi connectivity index (χ0n) is 15.6. The molecular formula is C20H15F3N4O2S. The second kappa shape index (κ2) is 7.13. The van der Waals surface area contributed by atoms with Crippen LogP contribution in [0.2, 0.25) is 0 Å². The van der Waals surface area contributed by atoms with Gasteiger partial charge in [-0.3, -0.25) is 9.29 Å². The molecule has 4 rings (SSSR count). The molecule has 0 aliphatic carbocycles. The van der Waals surface area contributed by atoms with Crippen LogP contribution in [0.25, 0.3) is 16.9 Å². The van der Waals surface area contributed by atoms with Crippen molar-refractivity contribution in [2.24, 2.45) is 0 Å². The van der Waals surface area contributed by atoms with E-state index in [1.54, 1.807) is 18.2 Å². The first-order valence-electron chi connectivity index (χ1n) is 8.75. The summed E-state index contributed by atoms with van der Waals surface area (Å²) in [6, 6.07) is 12.4. The molecule has 6 nitrogen and oxygen atoms in total. The molecule has 10 heteroatoms. The van der Waals surface area contributed by atoms with Crippen LogP contribution in [0.4, 0.5) is 19.0 Å². The van der Waals surface area contributed by atoms with Gasteiger partial charge in [0.15, 0.2) is 0 Å². The fourth-order valence-corrected chi connectivity index (χ4v) is 4.03. The largest absolute Gasteiger partial charge is 0.416 e. The van der Waals surface area contributed by atoms with Gasteiger partial charge < -0.3 is 0 Å². The van der Waals surface area contributed by atoms with E-state index < -0.39 is 21.8 Å². The predicted molar refractivity (Wildman–Crippen MR) is 106 cm³/mol. The molecular weight excluding hydrogens is 417 g/mol. The number of benzene rings is 2. The Hall–Kier alpha value is -3.40. The van der Waals surface area contributed by atoms with Crippen LogP contribution in [0.15, 0.2) is 71.9 Å². The minimum Gasteiger partial charge on any atom is -0.264 e. The maximum atomic E-state index is 13.2. The Morgan fingerprint density at radius 3 is 2.27 bits per heavy atom. The first-order chi connectivity index (χ1) is 14.1. The molecule has 1 N–H and O–H groups in total. The Kier molecular flexibility index (Phi) is 4.73. The van der Waals surface area contributed by atoms with Crippen LogP contribution in [0.5, 0.6) is 0 Å². The molecule has 0 radical (unpaired) electrons. The van der Waals surface area contributed by atoms with E-state index in [1.807, 2.05) is 6.92 Å². The van der Waals surface area contributed by atoms with Crippen molar-refractivity contribution in [1.82, 2.24) is 14.5 Å². The molecule has 0 atom stereocenters. The van der Waals surface area contributed by atoms with Crippen LogP contribution in [-0.4, -0.2) is 23.0 Å². The number of aryl methyl sites for hydroxylation is 1. The van der Waals surface area contributed by atoms with Gasteiger partial charge in [-0.05, 0) is 43.3 Å². The van der Waals surface area contributed by atoms with Crippen LogP contribution in [0.1, 0.15) is 11.1 Å². The standard InChI is InChI=1S/C20H15F3N4O2S/c1-13-3-7-16(8-4-13)30(28,29)26-18-11-14-5-6-15(20(21,22)23)12-17(14)27(18)19-24-9-2-10-25-19/h2-12,26H,1H3. The SMILES string of the molecule is Cc1ccc(S(=O)(=O)Nc2cc3ccc(C(F)(F)F)cc3n2-c2ncccn2)cc1. The normalized spacial score (nSPS) is 12.3. The van der Waals surface area contributed by atoms with Gasteiger partial charge in [0, 0.05) is 17.8 Å². The molecule has 2 aromatic carbocycles. The molecule has 2 heterocycles. The van der Waals surface area contributed by atoms with Gasteiger partial charge in [0.25, 0.3) is 10.0 Å². The monoisotopic (exact) mass is 432 g/mol. The second-order valence-electron chi connectivity index (χ2n) is 6.60. The van der Waals surface area contributed by atoms with E-state index in [2.05, 4.69) is 14.7 Å². The Balaban J connectivity index is 1.90. The molecule has 0 saturated heterocycles. The highest BCUT2D eigenvalue weighted by molar-refractivity contribution is 7.92. The number of halogens is 3. The number of fused-ring (bicyclic) bond motifs is 1. The number of hydrogen-bond acceptors (Lipinski definition) is 4. The Bertz CT molecular complexity index is 1320. The number of hydrogen-bond donors (Lipinski definition) is 1. The van der Waals surface area contributed by atoms with Crippen LogP contribution in [0, 0.1) is 6.92 Å². The Morgan fingerprint density at radius 2 is 1.63 bits per heavy atom. The van der Waals surface area contributed by atoms with E-state index in [4.69, 9.17) is 0 Å².